The topological polar surface area (TPSA) is 17.0 Å². The second kappa shape index (κ2) is 5.76. The fraction of sp³-hybridized carbons (Fsp3) is 0.538. The molecule has 2 nitrogen and oxygen atoms in total. The molecule has 0 amide bonds. The summed E-state index contributed by atoms with van der Waals surface area (Å²) in [5.41, 5.74) is 1.34. The molecule has 0 bridgehead atoms. The molecule has 0 aliphatic heterocycles. The van der Waals surface area contributed by atoms with Gasteiger partial charge in [-0.15, -0.1) is 6.58 Å². The van der Waals surface area contributed by atoms with E-state index in [1.54, 1.807) is 0 Å². The Morgan fingerprint density at radius 3 is 2.80 bits per heavy atom. The molecule has 0 aliphatic carbocycles. The number of rotatable bonds is 6. The highest BCUT2D eigenvalue weighted by atomic mass is 14.9. The molecular weight excluding hydrogens is 184 g/mol. The van der Waals surface area contributed by atoms with Crippen molar-refractivity contribution in [3.63, 3.8) is 0 Å². The predicted octanol–water partition coefficient (Wildman–Crippen LogP) is 2.72. The molecule has 0 fully saturated rings. The van der Waals surface area contributed by atoms with Crippen molar-refractivity contribution in [1.82, 2.24) is 9.88 Å². The molecule has 1 heterocycles. The maximum absolute atomic E-state index is 3.77. The van der Waals surface area contributed by atoms with E-state index >= 15 is 0 Å². The van der Waals surface area contributed by atoms with E-state index in [0.29, 0.717) is 12.0 Å². The van der Waals surface area contributed by atoms with Gasteiger partial charge in [0.15, 0.2) is 0 Å². The number of hydrogen-bond donors (Lipinski definition) is 1. The van der Waals surface area contributed by atoms with Crippen molar-refractivity contribution in [2.75, 3.05) is 0 Å². The van der Waals surface area contributed by atoms with E-state index in [-0.39, 0.29) is 0 Å². The number of allylic oxidation sites excluding steroid dienone is 1. The Morgan fingerprint density at radius 1 is 1.53 bits per heavy atom. The van der Waals surface area contributed by atoms with Gasteiger partial charge in [-0.1, -0.05) is 13.0 Å². The SMILES string of the molecule is C=CCC(C)C(C)NCc1ccn(C)c1. The summed E-state index contributed by atoms with van der Waals surface area (Å²) in [6.07, 6.45) is 7.29. The van der Waals surface area contributed by atoms with Crippen LogP contribution in [0.15, 0.2) is 31.1 Å². The van der Waals surface area contributed by atoms with Crippen molar-refractivity contribution in [3.8, 4) is 0 Å². The van der Waals surface area contributed by atoms with Crippen molar-refractivity contribution < 1.29 is 0 Å². The van der Waals surface area contributed by atoms with Gasteiger partial charge in [-0.3, -0.25) is 0 Å². The maximum atomic E-state index is 3.77. The van der Waals surface area contributed by atoms with Gasteiger partial charge in [0, 0.05) is 32.0 Å². The zero-order valence-electron chi connectivity index (χ0n) is 10.0. The molecule has 15 heavy (non-hydrogen) atoms. The van der Waals surface area contributed by atoms with E-state index in [0.717, 1.165) is 13.0 Å². The predicted molar refractivity (Wildman–Crippen MR) is 65.7 cm³/mol. The van der Waals surface area contributed by atoms with Crippen LogP contribution >= 0.6 is 0 Å². The molecule has 2 heteroatoms. The third-order valence-electron chi connectivity index (χ3n) is 2.91. The van der Waals surface area contributed by atoms with Gasteiger partial charge in [-0.2, -0.15) is 0 Å². The van der Waals surface area contributed by atoms with Crippen molar-refractivity contribution in [2.45, 2.75) is 32.9 Å². The first kappa shape index (κ1) is 12.1. The highest BCUT2D eigenvalue weighted by Gasteiger charge is 2.09. The van der Waals surface area contributed by atoms with E-state index in [2.05, 4.69) is 48.8 Å². The minimum atomic E-state index is 0.531. The molecule has 0 aromatic carbocycles. The molecule has 1 aromatic rings. The molecule has 0 saturated carbocycles. The van der Waals surface area contributed by atoms with E-state index < -0.39 is 0 Å². The standard InChI is InChI=1S/C13H22N2/c1-5-6-11(2)12(3)14-9-13-7-8-15(4)10-13/h5,7-8,10-12,14H,1,6,9H2,2-4H3. The number of nitrogens with one attached hydrogen (secondary N) is 1. The molecule has 0 spiro atoms. The van der Waals surface area contributed by atoms with Crippen LogP contribution in [0.2, 0.25) is 0 Å². The number of nitrogens with zero attached hydrogens (tertiary/aromatic N) is 1. The number of hydrogen-bond acceptors (Lipinski definition) is 1. The summed E-state index contributed by atoms with van der Waals surface area (Å²) in [6, 6.07) is 2.68. The van der Waals surface area contributed by atoms with Crippen molar-refractivity contribution in [3.05, 3.63) is 36.7 Å². The summed E-state index contributed by atoms with van der Waals surface area (Å²) in [7, 11) is 2.05. The summed E-state index contributed by atoms with van der Waals surface area (Å²) in [6.45, 7) is 9.21. The Morgan fingerprint density at radius 2 is 2.27 bits per heavy atom. The van der Waals surface area contributed by atoms with Crippen molar-refractivity contribution >= 4 is 0 Å². The molecule has 0 radical (unpaired) electrons. The highest BCUT2D eigenvalue weighted by Crippen LogP contribution is 2.09. The monoisotopic (exact) mass is 206 g/mol. The van der Waals surface area contributed by atoms with Crippen LogP contribution in [-0.4, -0.2) is 10.6 Å². The first-order valence-electron chi connectivity index (χ1n) is 5.58. The normalized spacial score (nSPS) is 14.9. The average Bonchev–Trinajstić information content (AvgIpc) is 2.61. The first-order valence-corrected chi connectivity index (χ1v) is 5.58. The fourth-order valence-corrected chi connectivity index (χ4v) is 1.61. The van der Waals surface area contributed by atoms with Crippen LogP contribution in [-0.2, 0) is 13.6 Å². The first-order chi connectivity index (χ1) is 7.13. The fourth-order valence-electron chi connectivity index (χ4n) is 1.61. The summed E-state index contributed by atoms with van der Waals surface area (Å²) in [5, 5.41) is 3.54. The van der Waals surface area contributed by atoms with Gasteiger partial charge < -0.3 is 9.88 Å². The van der Waals surface area contributed by atoms with Crippen LogP contribution in [0.5, 0.6) is 0 Å². The largest absolute Gasteiger partial charge is 0.357 e. The van der Waals surface area contributed by atoms with E-state index in [9.17, 15) is 0 Å². The second-order valence-electron chi connectivity index (χ2n) is 4.36. The van der Waals surface area contributed by atoms with Crippen molar-refractivity contribution in [2.24, 2.45) is 13.0 Å². The maximum Gasteiger partial charge on any atom is 0.0223 e. The smallest absolute Gasteiger partial charge is 0.0223 e. The second-order valence-corrected chi connectivity index (χ2v) is 4.36. The van der Waals surface area contributed by atoms with Crippen LogP contribution in [0, 0.1) is 5.92 Å². The molecule has 1 aromatic heterocycles. The molecule has 0 saturated heterocycles. The Labute approximate surface area is 93.0 Å². The number of aryl methyl sites for hydroxylation is 1. The zero-order valence-corrected chi connectivity index (χ0v) is 10.0. The third-order valence-corrected chi connectivity index (χ3v) is 2.91. The minimum absolute atomic E-state index is 0.531. The lowest BCUT2D eigenvalue weighted by atomic mass is 10.00. The average molecular weight is 206 g/mol. The third kappa shape index (κ3) is 3.92. The van der Waals surface area contributed by atoms with Crippen LogP contribution in [0.4, 0.5) is 0 Å². The molecule has 1 N–H and O–H groups in total. The van der Waals surface area contributed by atoms with Gasteiger partial charge in [-0.05, 0) is 30.9 Å². The molecule has 2 unspecified atom stereocenters. The van der Waals surface area contributed by atoms with Crippen LogP contribution in [0.3, 0.4) is 0 Å². The molecule has 0 aliphatic rings. The lowest BCUT2D eigenvalue weighted by molar-refractivity contribution is 0.402. The number of aromatic nitrogens is 1. The van der Waals surface area contributed by atoms with Gasteiger partial charge in [-0.25, -0.2) is 0 Å². The Hall–Kier alpha value is -1.02. The van der Waals surface area contributed by atoms with Gasteiger partial charge in [0.25, 0.3) is 0 Å². The van der Waals surface area contributed by atoms with Gasteiger partial charge in [0.1, 0.15) is 0 Å². The summed E-state index contributed by atoms with van der Waals surface area (Å²) in [4.78, 5) is 0. The Balaban J connectivity index is 2.33. The van der Waals surface area contributed by atoms with Crippen molar-refractivity contribution in [1.29, 1.82) is 0 Å². The molecule has 1 rings (SSSR count). The van der Waals surface area contributed by atoms with E-state index in [1.807, 2.05) is 13.1 Å². The lowest BCUT2D eigenvalue weighted by Gasteiger charge is -2.19. The minimum Gasteiger partial charge on any atom is -0.357 e. The van der Waals surface area contributed by atoms with Crippen LogP contribution in [0.1, 0.15) is 25.8 Å². The van der Waals surface area contributed by atoms with Crippen LogP contribution < -0.4 is 5.32 Å². The van der Waals surface area contributed by atoms with Gasteiger partial charge >= 0.3 is 0 Å². The Kier molecular flexibility index (Phi) is 4.63. The highest BCUT2D eigenvalue weighted by molar-refractivity contribution is 5.09. The Bertz CT molecular complexity index is 301. The quantitative estimate of drug-likeness (QED) is 0.708. The molecule has 84 valence electrons. The van der Waals surface area contributed by atoms with E-state index in [1.165, 1.54) is 5.56 Å². The van der Waals surface area contributed by atoms with Gasteiger partial charge in [0.05, 0.1) is 0 Å². The molecular formula is C13H22N2. The van der Waals surface area contributed by atoms with Gasteiger partial charge in [0.2, 0.25) is 0 Å². The zero-order chi connectivity index (χ0) is 11.3. The van der Waals surface area contributed by atoms with E-state index in [4.69, 9.17) is 0 Å². The lowest BCUT2D eigenvalue weighted by Crippen LogP contribution is -2.31. The summed E-state index contributed by atoms with van der Waals surface area (Å²) < 4.78 is 2.08. The molecule has 2 atom stereocenters. The van der Waals surface area contributed by atoms with Crippen LogP contribution in [0.25, 0.3) is 0 Å². The summed E-state index contributed by atoms with van der Waals surface area (Å²) >= 11 is 0. The summed E-state index contributed by atoms with van der Waals surface area (Å²) in [5.74, 6) is 0.645.